The maximum Gasteiger partial charge on any atom is 0.246 e. The number of benzene rings is 2. The largest absolute Gasteiger partial charge is 0.492 e. The van der Waals surface area contributed by atoms with E-state index in [1.807, 2.05) is 55.5 Å². The zero-order valence-corrected chi connectivity index (χ0v) is 15.6. The highest BCUT2D eigenvalue weighted by Crippen LogP contribution is 2.30. The average molecular weight is 367 g/mol. The maximum absolute atomic E-state index is 12.5. The molecule has 3 N–H and O–H groups in total. The first kappa shape index (κ1) is 18.8. The third-order valence-electron chi connectivity index (χ3n) is 4.30. The summed E-state index contributed by atoms with van der Waals surface area (Å²) in [5, 5.41) is 8.97. The fourth-order valence-corrected chi connectivity index (χ4v) is 2.68. The molecule has 0 spiro atoms. The van der Waals surface area contributed by atoms with Crippen molar-refractivity contribution in [2.45, 2.75) is 32.7 Å². The first-order valence-electron chi connectivity index (χ1n) is 9.27. The Kier molecular flexibility index (Phi) is 5.96. The molecule has 6 heteroatoms. The van der Waals surface area contributed by atoms with Gasteiger partial charge in [-0.25, -0.2) is 0 Å². The molecule has 0 heterocycles. The molecule has 2 amide bonds. The van der Waals surface area contributed by atoms with Gasteiger partial charge in [0.15, 0.2) is 0 Å². The van der Waals surface area contributed by atoms with Crippen LogP contribution in [-0.4, -0.2) is 24.5 Å². The first-order chi connectivity index (χ1) is 13.1. The number of hydrogen-bond acceptors (Lipinski definition) is 4. The van der Waals surface area contributed by atoms with E-state index in [1.165, 1.54) is 0 Å². The molecule has 1 atom stereocenters. The molecule has 3 rings (SSSR count). The second-order valence-corrected chi connectivity index (χ2v) is 6.63. The molecular weight excluding hydrogens is 342 g/mol. The summed E-state index contributed by atoms with van der Waals surface area (Å²) >= 11 is 0. The van der Waals surface area contributed by atoms with Gasteiger partial charge in [-0.3, -0.25) is 9.59 Å². The highest BCUT2D eigenvalue weighted by molar-refractivity contribution is 5.98. The average Bonchev–Trinajstić information content (AvgIpc) is 3.49. The van der Waals surface area contributed by atoms with Crippen LogP contribution in [0.25, 0.3) is 0 Å². The van der Waals surface area contributed by atoms with Crippen LogP contribution in [0.2, 0.25) is 0 Å². The Balaban J connectivity index is 1.60. The van der Waals surface area contributed by atoms with Crippen molar-refractivity contribution in [2.75, 3.05) is 22.6 Å². The van der Waals surface area contributed by atoms with Gasteiger partial charge in [0, 0.05) is 17.3 Å². The van der Waals surface area contributed by atoms with E-state index in [-0.39, 0.29) is 17.7 Å². The zero-order chi connectivity index (χ0) is 19.2. The minimum absolute atomic E-state index is 0.0606. The topological polar surface area (TPSA) is 79.5 Å². The molecule has 0 saturated heterocycles. The Morgan fingerprint density at radius 3 is 2.56 bits per heavy atom. The molecule has 1 aliphatic rings. The van der Waals surface area contributed by atoms with Gasteiger partial charge in [0.2, 0.25) is 11.8 Å². The molecular formula is C21H25N3O3. The van der Waals surface area contributed by atoms with E-state index in [4.69, 9.17) is 4.74 Å². The summed E-state index contributed by atoms with van der Waals surface area (Å²) < 4.78 is 5.54. The third-order valence-corrected chi connectivity index (χ3v) is 4.30. The lowest BCUT2D eigenvalue weighted by atomic mass is 10.2. The molecule has 27 heavy (non-hydrogen) atoms. The van der Waals surface area contributed by atoms with Gasteiger partial charge < -0.3 is 20.7 Å². The van der Waals surface area contributed by atoms with Crippen LogP contribution in [0.5, 0.6) is 5.75 Å². The van der Waals surface area contributed by atoms with E-state index >= 15 is 0 Å². The maximum atomic E-state index is 12.5. The van der Waals surface area contributed by atoms with Crippen LogP contribution in [0, 0.1) is 5.92 Å². The number of nitrogens with one attached hydrogen (secondary N) is 3. The number of para-hydroxylation sites is 2. The Bertz CT molecular complexity index is 818. The standard InChI is InChI=1S/C21H25N3O3/c1-3-27-19-10-5-4-9-18(19)24-20(25)14(2)22-16-7-6-8-17(13-16)23-21(26)15-11-12-15/h4-10,13-15,22H,3,11-12H2,1-2H3,(H,23,26)(H,24,25). The fourth-order valence-electron chi connectivity index (χ4n) is 2.68. The molecule has 1 aliphatic carbocycles. The van der Waals surface area contributed by atoms with Crippen LogP contribution in [0.3, 0.4) is 0 Å². The fraction of sp³-hybridized carbons (Fsp3) is 0.333. The summed E-state index contributed by atoms with van der Waals surface area (Å²) in [6.07, 6.45) is 1.92. The van der Waals surface area contributed by atoms with E-state index < -0.39 is 6.04 Å². The van der Waals surface area contributed by atoms with Crippen LogP contribution in [0.1, 0.15) is 26.7 Å². The lowest BCUT2D eigenvalue weighted by Gasteiger charge is -2.17. The number of carbonyl (C=O) groups excluding carboxylic acids is 2. The number of amides is 2. The van der Waals surface area contributed by atoms with Crippen LogP contribution < -0.4 is 20.7 Å². The monoisotopic (exact) mass is 367 g/mol. The molecule has 0 aromatic heterocycles. The number of ether oxygens (including phenoxy) is 1. The number of rotatable bonds is 8. The second kappa shape index (κ2) is 8.58. The Hall–Kier alpha value is -3.02. The molecule has 0 bridgehead atoms. The summed E-state index contributed by atoms with van der Waals surface area (Å²) in [6, 6.07) is 14.3. The predicted octanol–water partition coefficient (Wildman–Crippen LogP) is 3.87. The second-order valence-electron chi connectivity index (χ2n) is 6.63. The van der Waals surface area contributed by atoms with Crippen molar-refractivity contribution in [3.8, 4) is 5.75 Å². The van der Waals surface area contributed by atoms with Gasteiger partial charge in [0.1, 0.15) is 11.8 Å². The van der Waals surface area contributed by atoms with Crippen molar-refractivity contribution in [1.29, 1.82) is 0 Å². The summed E-state index contributed by atoms with van der Waals surface area (Å²) in [5.74, 6) is 0.683. The Morgan fingerprint density at radius 2 is 1.81 bits per heavy atom. The Morgan fingerprint density at radius 1 is 1.07 bits per heavy atom. The van der Waals surface area contributed by atoms with Gasteiger partial charge in [-0.1, -0.05) is 18.2 Å². The lowest BCUT2D eigenvalue weighted by molar-refractivity contribution is -0.117. The third kappa shape index (κ3) is 5.23. The van der Waals surface area contributed by atoms with Gasteiger partial charge >= 0.3 is 0 Å². The summed E-state index contributed by atoms with van der Waals surface area (Å²) in [7, 11) is 0. The SMILES string of the molecule is CCOc1ccccc1NC(=O)C(C)Nc1cccc(NC(=O)C2CC2)c1. The Labute approximate surface area is 159 Å². The van der Waals surface area contributed by atoms with Crippen molar-refractivity contribution in [1.82, 2.24) is 0 Å². The van der Waals surface area contributed by atoms with Gasteiger partial charge in [-0.2, -0.15) is 0 Å². The lowest BCUT2D eigenvalue weighted by Crippen LogP contribution is -2.32. The minimum atomic E-state index is -0.464. The van der Waals surface area contributed by atoms with E-state index in [2.05, 4.69) is 16.0 Å². The van der Waals surface area contributed by atoms with Gasteiger partial charge in [0.05, 0.1) is 12.3 Å². The normalized spacial score (nSPS) is 14.1. The summed E-state index contributed by atoms with van der Waals surface area (Å²) in [5.41, 5.74) is 2.14. The van der Waals surface area contributed by atoms with Crippen molar-refractivity contribution >= 4 is 28.9 Å². The highest BCUT2D eigenvalue weighted by atomic mass is 16.5. The van der Waals surface area contributed by atoms with Crippen molar-refractivity contribution in [3.05, 3.63) is 48.5 Å². The van der Waals surface area contributed by atoms with Crippen LogP contribution >= 0.6 is 0 Å². The zero-order valence-electron chi connectivity index (χ0n) is 15.6. The molecule has 0 aliphatic heterocycles. The summed E-state index contributed by atoms with van der Waals surface area (Å²) in [6.45, 7) is 4.21. The molecule has 0 radical (unpaired) electrons. The van der Waals surface area contributed by atoms with Crippen LogP contribution in [0.15, 0.2) is 48.5 Å². The molecule has 6 nitrogen and oxygen atoms in total. The van der Waals surface area contributed by atoms with E-state index in [0.29, 0.717) is 18.0 Å². The van der Waals surface area contributed by atoms with Gasteiger partial charge in [-0.05, 0) is 57.0 Å². The van der Waals surface area contributed by atoms with Crippen molar-refractivity contribution in [3.63, 3.8) is 0 Å². The smallest absolute Gasteiger partial charge is 0.246 e. The summed E-state index contributed by atoms with van der Waals surface area (Å²) in [4.78, 5) is 24.4. The predicted molar refractivity (Wildman–Crippen MR) is 107 cm³/mol. The van der Waals surface area contributed by atoms with Crippen LogP contribution in [0.4, 0.5) is 17.1 Å². The highest BCUT2D eigenvalue weighted by Gasteiger charge is 2.29. The molecule has 1 fully saturated rings. The molecule has 1 unspecified atom stereocenters. The number of hydrogen-bond donors (Lipinski definition) is 3. The van der Waals surface area contributed by atoms with E-state index in [0.717, 1.165) is 24.2 Å². The minimum Gasteiger partial charge on any atom is -0.492 e. The molecule has 1 saturated carbocycles. The number of anilines is 3. The van der Waals surface area contributed by atoms with Crippen molar-refractivity contribution < 1.29 is 14.3 Å². The van der Waals surface area contributed by atoms with Gasteiger partial charge in [0.25, 0.3) is 0 Å². The quantitative estimate of drug-likeness (QED) is 0.662. The number of carbonyl (C=O) groups is 2. The van der Waals surface area contributed by atoms with E-state index in [1.54, 1.807) is 6.92 Å². The molecule has 142 valence electrons. The van der Waals surface area contributed by atoms with Gasteiger partial charge in [-0.15, -0.1) is 0 Å². The molecule has 2 aromatic carbocycles. The van der Waals surface area contributed by atoms with E-state index in [9.17, 15) is 9.59 Å². The first-order valence-corrected chi connectivity index (χ1v) is 9.27. The van der Waals surface area contributed by atoms with Crippen LogP contribution in [-0.2, 0) is 9.59 Å². The van der Waals surface area contributed by atoms with Crippen molar-refractivity contribution in [2.24, 2.45) is 5.92 Å². The molecule has 2 aromatic rings.